The molecule has 0 aliphatic carbocycles. The Labute approximate surface area is 180 Å². The van der Waals surface area contributed by atoms with Crippen LogP contribution < -0.4 is 5.32 Å². The lowest BCUT2D eigenvalue weighted by atomic mass is 9.93. The average Bonchev–Trinajstić information content (AvgIpc) is 3.34. The first-order chi connectivity index (χ1) is 14.5. The molecule has 158 valence electrons. The van der Waals surface area contributed by atoms with Crippen LogP contribution in [0.3, 0.4) is 0 Å². The molecule has 4 rings (SSSR count). The fourth-order valence-electron chi connectivity index (χ4n) is 4.03. The van der Waals surface area contributed by atoms with Crippen LogP contribution in [0.15, 0.2) is 41.8 Å². The number of aryl methyl sites for hydroxylation is 1. The summed E-state index contributed by atoms with van der Waals surface area (Å²) in [5.74, 6) is -0.282. The zero-order valence-electron chi connectivity index (χ0n) is 17.6. The number of hydrogen-bond donors (Lipinski definition) is 1. The molecule has 7 heteroatoms. The van der Waals surface area contributed by atoms with Crippen LogP contribution in [0, 0.1) is 0 Å². The number of rotatable bonds is 7. The minimum absolute atomic E-state index is 0.117. The van der Waals surface area contributed by atoms with Crippen molar-refractivity contribution in [3.8, 4) is 0 Å². The first-order valence-corrected chi connectivity index (χ1v) is 11.1. The van der Waals surface area contributed by atoms with Gasteiger partial charge in [-0.15, -0.1) is 11.3 Å². The lowest BCUT2D eigenvalue weighted by Crippen LogP contribution is -2.63. The van der Waals surface area contributed by atoms with Crippen LogP contribution in [0.5, 0.6) is 0 Å². The number of aromatic nitrogens is 1. The van der Waals surface area contributed by atoms with E-state index in [0.29, 0.717) is 31.9 Å². The highest BCUT2D eigenvalue weighted by atomic mass is 32.1. The van der Waals surface area contributed by atoms with Crippen molar-refractivity contribution in [1.82, 2.24) is 14.8 Å². The van der Waals surface area contributed by atoms with E-state index in [4.69, 9.17) is 4.74 Å². The molecular weight excluding hydrogens is 398 g/mol. The van der Waals surface area contributed by atoms with E-state index in [9.17, 15) is 9.59 Å². The second-order valence-corrected chi connectivity index (χ2v) is 8.78. The van der Waals surface area contributed by atoms with Crippen molar-refractivity contribution in [3.05, 3.63) is 58.6 Å². The van der Waals surface area contributed by atoms with Gasteiger partial charge in [0, 0.05) is 25.6 Å². The Hall–Kier alpha value is -2.64. The predicted molar refractivity (Wildman–Crippen MR) is 119 cm³/mol. The highest BCUT2D eigenvalue weighted by Gasteiger charge is 2.47. The number of methoxy groups -OCH3 is 1. The molecule has 30 heavy (non-hydrogen) atoms. The molecule has 3 aromatic rings. The summed E-state index contributed by atoms with van der Waals surface area (Å²) >= 11 is 1.59. The minimum atomic E-state index is -1.00. The maximum absolute atomic E-state index is 13.6. The Kier molecular flexibility index (Phi) is 5.66. The van der Waals surface area contributed by atoms with Gasteiger partial charge in [-0.2, -0.15) is 0 Å². The summed E-state index contributed by atoms with van der Waals surface area (Å²) in [7, 11) is 1.60. The van der Waals surface area contributed by atoms with Crippen molar-refractivity contribution >= 4 is 33.4 Å². The number of nitrogens with zero attached hydrogens (tertiary/aromatic N) is 2. The molecule has 0 spiro atoms. The predicted octanol–water partition coefficient (Wildman–Crippen LogP) is 3.44. The quantitative estimate of drug-likeness (QED) is 0.590. The van der Waals surface area contributed by atoms with E-state index in [0.717, 1.165) is 22.2 Å². The zero-order valence-corrected chi connectivity index (χ0v) is 18.4. The third-order valence-corrected chi connectivity index (χ3v) is 6.83. The smallest absolute Gasteiger partial charge is 0.271 e. The summed E-state index contributed by atoms with van der Waals surface area (Å²) < 4.78 is 7.07. The molecule has 2 amide bonds. The molecule has 0 saturated heterocycles. The largest absolute Gasteiger partial charge is 0.383 e. The number of amides is 2. The summed E-state index contributed by atoms with van der Waals surface area (Å²) in [6.45, 7) is 5.61. The number of nitrogens with one attached hydrogen (secondary N) is 1. The van der Waals surface area contributed by atoms with Crippen molar-refractivity contribution in [2.45, 2.75) is 38.9 Å². The van der Waals surface area contributed by atoms with Gasteiger partial charge in [-0.3, -0.25) is 9.59 Å². The number of carbonyl (C=O) groups is 2. The van der Waals surface area contributed by atoms with Crippen LogP contribution in [0.4, 0.5) is 0 Å². The highest BCUT2D eigenvalue weighted by molar-refractivity contribution is 7.16. The summed E-state index contributed by atoms with van der Waals surface area (Å²) in [5, 5.41) is 6.00. The van der Waals surface area contributed by atoms with Crippen molar-refractivity contribution in [2.24, 2.45) is 0 Å². The molecule has 6 nitrogen and oxygen atoms in total. The van der Waals surface area contributed by atoms with Gasteiger partial charge < -0.3 is 19.5 Å². The second kappa shape index (κ2) is 8.24. The summed E-state index contributed by atoms with van der Waals surface area (Å²) in [4.78, 5) is 29.6. The van der Waals surface area contributed by atoms with Gasteiger partial charge in [0.2, 0.25) is 5.91 Å². The number of fused-ring (bicyclic) bond motifs is 3. The Morgan fingerprint density at radius 2 is 1.97 bits per heavy atom. The molecule has 1 unspecified atom stereocenters. The van der Waals surface area contributed by atoms with E-state index >= 15 is 0 Å². The first-order valence-electron chi connectivity index (χ1n) is 10.2. The van der Waals surface area contributed by atoms with Crippen LogP contribution >= 0.6 is 11.3 Å². The number of thiophene rings is 1. The normalized spacial score (nSPS) is 18.6. The lowest BCUT2D eigenvalue weighted by Gasteiger charge is -2.44. The number of carbonyl (C=O) groups excluding carboxylic acids is 2. The van der Waals surface area contributed by atoms with Gasteiger partial charge in [0.25, 0.3) is 5.91 Å². The maximum Gasteiger partial charge on any atom is 0.271 e. The monoisotopic (exact) mass is 425 g/mol. The van der Waals surface area contributed by atoms with Crippen molar-refractivity contribution in [2.75, 3.05) is 20.3 Å². The van der Waals surface area contributed by atoms with Gasteiger partial charge in [0.15, 0.2) is 0 Å². The first kappa shape index (κ1) is 20.6. The van der Waals surface area contributed by atoms with Gasteiger partial charge in [-0.1, -0.05) is 31.2 Å². The van der Waals surface area contributed by atoms with Gasteiger partial charge in [0.05, 0.1) is 13.2 Å². The second-order valence-electron chi connectivity index (χ2n) is 7.88. The van der Waals surface area contributed by atoms with E-state index in [2.05, 4.69) is 24.4 Å². The lowest BCUT2D eigenvalue weighted by molar-refractivity contribution is -0.133. The topological polar surface area (TPSA) is 63.6 Å². The Balaban J connectivity index is 1.71. The maximum atomic E-state index is 13.6. The molecule has 3 heterocycles. The third-order valence-electron chi connectivity index (χ3n) is 5.88. The average molecular weight is 426 g/mol. The SMILES string of the molecule is CCc1ccc(CN2C(=O)c3cc4ccsc4n3CC2(C)C(=O)NCCOC)cc1. The van der Waals surface area contributed by atoms with Gasteiger partial charge in [-0.25, -0.2) is 0 Å². The zero-order chi connectivity index (χ0) is 21.3. The van der Waals surface area contributed by atoms with Crippen molar-refractivity contribution in [3.63, 3.8) is 0 Å². The molecule has 1 aliphatic heterocycles. The van der Waals surface area contributed by atoms with E-state index in [1.807, 2.05) is 41.1 Å². The third kappa shape index (κ3) is 3.52. The molecule has 2 aromatic heterocycles. The molecule has 1 N–H and O–H groups in total. The number of benzene rings is 1. The molecule has 0 fully saturated rings. The molecule has 1 aliphatic rings. The van der Waals surface area contributed by atoms with Gasteiger partial charge >= 0.3 is 0 Å². The summed E-state index contributed by atoms with van der Waals surface area (Å²) in [5.41, 5.74) is 1.90. The van der Waals surface area contributed by atoms with Crippen LogP contribution in [0.2, 0.25) is 0 Å². The van der Waals surface area contributed by atoms with E-state index in [-0.39, 0.29) is 11.8 Å². The van der Waals surface area contributed by atoms with Crippen LogP contribution in [-0.4, -0.2) is 47.1 Å². The van der Waals surface area contributed by atoms with Crippen molar-refractivity contribution in [1.29, 1.82) is 0 Å². The Bertz CT molecular complexity index is 1070. The summed E-state index contributed by atoms with van der Waals surface area (Å²) in [6, 6.07) is 12.2. The van der Waals surface area contributed by atoms with Crippen LogP contribution in [0.1, 0.15) is 35.5 Å². The molecular formula is C23H27N3O3S. The van der Waals surface area contributed by atoms with E-state index < -0.39 is 5.54 Å². The van der Waals surface area contributed by atoms with Gasteiger partial charge in [-0.05, 0) is 42.0 Å². The standard InChI is InChI=1S/C23H27N3O3S/c1-4-16-5-7-17(8-6-16)14-26-20(27)19-13-18-9-12-30-21(18)25(19)15-23(26,2)22(28)24-10-11-29-3/h5-9,12-13H,4,10-11,14-15H2,1-3H3,(H,24,28). The molecule has 0 radical (unpaired) electrons. The fourth-order valence-corrected chi connectivity index (χ4v) is 4.92. The fraction of sp³-hybridized carbons (Fsp3) is 0.391. The number of ether oxygens (including phenoxy) is 1. The molecule has 0 saturated carbocycles. The van der Waals surface area contributed by atoms with Crippen LogP contribution in [-0.2, 0) is 29.0 Å². The molecule has 1 atom stereocenters. The summed E-state index contributed by atoms with van der Waals surface area (Å²) in [6.07, 6.45) is 0.965. The van der Waals surface area contributed by atoms with E-state index in [1.165, 1.54) is 5.56 Å². The van der Waals surface area contributed by atoms with Crippen LogP contribution in [0.25, 0.3) is 10.2 Å². The highest BCUT2D eigenvalue weighted by Crippen LogP contribution is 2.35. The minimum Gasteiger partial charge on any atom is -0.383 e. The Morgan fingerprint density at radius 1 is 1.23 bits per heavy atom. The van der Waals surface area contributed by atoms with E-state index in [1.54, 1.807) is 23.3 Å². The van der Waals surface area contributed by atoms with Crippen molar-refractivity contribution < 1.29 is 14.3 Å². The van der Waals surface area contributed by atoms with Gasteiger partial charge in [0.1, 0.15) is 16.1 Å². The Morgan fingerprint density at radius 3 is 2.67 bits per heavy atom. The number of hydrogen-bond acceptors (Lipinski definition) is 4. The molecule has 1 aromatic carbocycles. The molecule has 0 bridgehead atoms.